The fourth-order valence-electron chi connectivity index (χ4n) is 3.84. The van der Waals surface area contributed by atoms with Gasteiger partial charge in [-0.3, -0.25) is 0 Å². The number of hydrogen-bond acceptors (Lipinski definition) is 6. The van der Waals surface area contributed by atoms with E-state index in [0.29, 0.717) is 30.7 Å². The largest absolute Gasteiger partial charge is 0.457 e. The fourth-order valence-corrected chi connectivity index (χ4v) is 3.84. The van der Waals surface area contributed by atoms with Gasteiger partial charge in [0.05, 0.1) is 11.2 Å². The maximum absolute atomic E-state index is 10.3. The van der Waals surface area contributed by atoms with Crippen molar-refractivity contribution in [1.82, 2.24) is 15.0 Å². The summed E-state index contributed by atoms with van der Waals surface area (Å²) in [5.41, 5.74) is 2.10. The standard InChI is InChI=1S/C33H32BN3O3/c1-32(2,38)33(3,4)40-34-26-17-21-28(22-18-26)39-27-19-15-25(16-20-27)31-36-29(23-11-7-5-8-12-23)35-30(37-31)24-13-9-6-10-14-24/h5-22,34,38H,1-4H3. The van der Waals surface area contributed by atoms with Crippen molar-refractivity contribution in [2.75, 3.05) is 0 Å². The number of rotatable bonds is 9. The average molecular weight is 529 g/mol. The van der Waals surface area contributed by atoms with Gasteiger partial charge in [-0.05, 0) is 64.1 Å². The minimum absolute atomic E-state index is 0.397. The Kier molecular flexibility index (Phi) is 7.78. The van der Waals surface area contributed by atoms with Crippen LogP contribution >= 0.6 is 0 Å². The zero-order valence-electron chi connectivity index (χ0n) is 23.2. The molecule has 0 radical (unpaired) electrons. The van der Waals surface area contributed by atoms with Crippen molar-refractivity contribution in [2.24, 2.45) is 0 Å². The molecule has 5 rings (SSSR count). The molecule has 0 aliphatic rings. The average Bonchev–Trinajstić information content (AvgIpc) is 2.97. The van der Waals surface area contributed by atoms with E-state index in [-0.39, 0.29) is 0 Å². The van der Waals surface area contributed by atoms with Crippen LogP contribution in [0.1, 0.15) is 27.7 Å². The minimum Gasteiger partial charge on any atom is -0.457 e. The third-order valence-electron chi connectivity index (χ3n) is 7.04. The van der Waals surface area contributed by atoms with E-state index in [4.69, 9.17) is 24.3 Å². The van der Waals surface area contributed by atoms with Gasteiger partial charge in [-0.1, -0.05) is 78.3 Å². The quantitative estimate of drug-likeness (QED) is 0.229. The van der Waals surface area contributed by atoms with E-state index in [2.05, 4.69) is 0 Å². The Morgan fingerprint density at radius 3 is 1.38 bits per heavy atom. The number of hydrogen-bond donors (Lipinski definition) is 1. The highest BCUT2D eigenvalue weighted by atomic mass is 16.5. The van der Waals surface area contributed by atoms with E-state index >= 15 is 0 Å². The first kappa shape index (κ1) is 27.2. The first-order valence-corrected chi connectivity index (χ1v) is 13.3. The molecule has 0 unspecified atom stereocenters. The predicted octanol–water partition coefficient (Wildman–Crippen LogP) is 6.21. The zero-order valence-corrected chi connectivity index (χ0v) is 23.2. The highest BCUT2D eigenvalue weighted by Gasteiger charge is 2.35. The number of aliphatic hydroxyl groups is 1. The van der Waals surface area contributed by atoms with E-state index in [0.717, 1.165) is 27.9 Å². The Bertz CT molecular complexity index is 1490. The number of ether oxygens (including phenoxy) is 1. The van der Waals surface area contributed by atoms with Gasteiger partial charge < -0.3 is 14.5 Å². The van der Waals surface area contributed by atoms with E-state index in [9.17, 15) is 5.11 Å². The van der Waals surface area contributed by atoms with Gasteiger partial charge in [-0.15, -0.1) is 0 Å². The van der Waals surface area contributed by atoms with Crippen molar-refractivity contribution in [3.8, 4) is 45.7 Å². The molecule has 7 heteroatoms. The topological polar surface area (TPSA) is 77.4 Å². The van der Waals surface area contributed by atoms with Gasteiger partial charge in [0, 0.05) is 16.7 Å². The van der Waals surface area contributed by atoms with Crippen LogP contribution in [0.25, 0.3) is 34.2 Å². The lowest BCUT2D eigenvalue weighted by molar-refractivity contribution is -0.0893. The van der Waals surface area contributed by atoms with Gasteiger partial charge in [0.1, 0.15) is 11.5 Å². The lowest BCUT2D eigenvalue weighted by atomic mass is 9.82. The molecule has 0 spiro atoms. The van der Waals surface area contributed by atoms with Crippen molar-refractivity contribution in [2.45, 2.75) is 38.9 Å². The van der Waals surface area contributed by atoms with E-state index in [1.54, 1.807) is 13.8 Å². The molecule has 0 aliphatic carbocycles. The van der Waals surface area contributed by atoms with Crippen molar-refractivity contribution in [1.29, 1.82) is 0 Å². The maximum atomic E-state index is 10.3. The Hall–Kier alpha value is -4.33. The van der Waals surface area contributed by atoms with Crippen molar-refractivity contribution in [3.63, 3.8) is 0 Å². The summed E-state index contributed by atoms with van der Waals surface area (Å²) in [5, 5.41) is 10.3. The molecule has 6 nitrogen and oxygen atoms in total. The van der Waals surface area contributed by atoms with Crippen LogP contribution in [0.4, 0.5) is 0 Å². The summed E-state index contributed by atoms with van der Waals surface area (Å²) >= 11 is 0. The van der Waals surface area contributed by atoms with Crippen LogP contribution in [-0.4, -0.2) is 38.7 Å². The Balaban J connectivity index is 1.33. The summed E-state index contributed by atoms with van der Waals surface area (Å²) in [6.07, 6.45) is 0. The summed E-state index contributed by atoms with van der Waals surface area (Å²) < 4.78 is 12.0. The second-order valence-electron chi connectivity index (χ2n) is 10.7. The zero-order chi connectivity index (χ0) is 28.2. The van der Waals surface area contributed by atoms with Crippen molar-refractivity contribution < 1.29 is 14.5 Å². The van der Waals surface area contributed by atoms with Crippen LogP contribution in [0.3, 0.4) is 0 Å². The third-order valence-corrected chi connectivity index (χ3v) is 7.04. The number of aromatic nitrogens is 3. The Morgan fingerprint density at radius 2 is 0.950 bits per heavy atom. The van der Waals surface area contributed by atoms with Crippen molar-refractivity contribution >= 4 is 12.9 Å². The van der Waals surface area contributed by atoms with Gasteiger partial charge in [-0.25, -0.2) is 15.0 Å². The molecule has 0 fully saturated rings. The maximum Gasteiger partial charge on any atom is 0.309 e. The minimum atomic E-state index is -0.949. The smallest absolute Gasteiger partial charge is 0.309 e. The van der Waals surface area contributed by atoms with Crippen LogP contribution < -0.4 is 10.2 Å². The summed E-state index contributed by atoms with van der Waals surface area (Å²) in [7, 11) is 0.397. The van der Waals surface area contributed by atoms with E-state index in [1.165, 1.54) is 0 Å². The number of nitrogens with zero attached hydrogens (tertiary/aromatic N) is 3. The second-order valence-corrected chi connectivity index (χ2v) is 10.7. The molecule has 1 aromatic heterocycles. The summed E-state index contributed by atoms with van der Waals surface area (Å²) in [4.78, 5) is 14.3. The molecular formula is C33H32BN3O3. The second kappa shape index (κ2) is 11.4. The van der Waals surface area contributed by atoms with E-state index < -0.39 is 11.2 Å². The molecule has 200 valence electrons. The highest BCUT2D eigenvalue weighted by molar-refractivity contribution is 6.47. The molecule has 4 aromatic carbocycles. The van der Waals surface area contributed by atoms with Gasteiger partial charge in [0.25, 0.3) is 0 Å². The van der Waals surface area contributed by atoms with Crippen LogP contribution in [0.5, 0.6) is 11.5 Å². The van der Waals surface area contributed by atoms with Crippen LogP contribution in [0, 0.1) is 0 Å². The molecule has 0 amide bonds. The van der Waals surface area contributed by atoms with Crippen LogP contribution in [0.15, 0.2) is 109 Å². The molecule has 5 aromatic rings. The van der Waals surface area contributed by atoms with Gasteiger partial charge in [0.2, 0.25) is 0 Å². The molecule has 0 atom stereocenters. The first-order chi connectivity index (χ1) is 19.2. The van der Waals surface area contributed by atoms with Gasteiger partial charge in [-0.2, -0.15) is 0 Å². The first-order valence-electron chi connectivity index (χ1n) is 13.3. The lowest BCUT2D eigenvalue weighted by Crippen LogP contribution is -2.49. The van der Waals surface area contributed by atoms with Crippen molar-refractivity contribution in [3.05, 3.63) is 109 Å². The highest BCUT2D eigenvalue weighted by Crippen LogP contribution is 2.28. The molecule has 0 aliphatic heterocycles. The Labute approximate surface area is 236 Å². The molecule has 0 bridgehead atoms. The van der Waals surface area contributed by atoms with E-state index in [1.807, 2.05) is 123 Å². The molecule has 0 saturated carbocycles. The summed E-state index contributed by atoms with van der Waals surface area (Å²) in [5.74, 6) is 3.27. The molecular weight excluding hydrogens is 497 g/mol. The summed E-state index contributed by atoms with van der Waals surface area (Å²) in [6, 6.07) is 35.3. The fraction of sp³-hybridized carbons (Fsp3) is 0.182. The SMILES string of the molecule is CC(C)(O)C(C)(C)OBc1ccc(Oc2ccc(-c3nc(-c4ccccc4)nc(-c4ccccc4)n3)cc2)cc1. The normalized spacial score (nSPS) is 11.7. The number of benzene rings is 4. The molecule has 1 heterocycles. The van der Waals surface area contributed by atoms with Crippen LogP contribution in [0.2, 0.25) is 0 Å². The van der Waals surface area contributed by atoms with Gasteiger partial charge >= 0.3 is 7.48 Å². The van der Waals surface area contributed by atoms with Crippen LogP contribution in [-0.2, 0) is 4.65 Å². The third kappa shape index (κ3) is 6.45. The molecule has 1 N–H and O–H groups in total. The predicted molar refractivity (Wildman–Crippen MR) is 161 cm³/mol. The molecule has 0 saturated heterocycles. The van der Waals surface area contributed by atoms with Gasteiger partial charge in [0.15, 0.2) is 17.5 Å². The summed E-state index contributed by atoms with van der Waals surface area (Å²) in [6.45, 7) is 7.27. The monoisotopic (exact) mass is 529 g/mol. The Morgan fingerprint density at radius 1 is 0.550 bits per heavy atom. The lowest BCUT2D eigenvalue weighted by Gasteiger charge is -2.37. The molecule has 40 heavy (non-hydrogen) atoms.